The lowest BCUT2D eigenvalue weighted by atomic mass is 9.83. The molecule has 1 aromatic rings. The van der Waals surface area contributed by atoms with Gasteiger partial charge < -0.3 is 5.32 Å². The Morgan fingerprint density at radius 1 is 1.38 bits per heavy atom. The highest BCUT2D eigenvalue weighted by molar-refractivity contribution is 7.09. The first-order valence-corrected chi connectivity index (χ1v) is 7.21. The van der Waals surface area contributed by atoms with Crippen molar-refractivity contribution in [2.24, 2.45) is 5.92 Å². The van der Waals surface area contributed by atoms with E-state index in [0.29, 0.717) is 6.04 Å². The van der Waals surface area contributed by atoms with Crippen LogP contribution in [0.1, 0.15) is 62.2 Å². The Labute approximate surface area is 102 Å². The quantitative estimate of drug-likeness (QED) is 0.868. The molecule has 1 saturated carbocycles. The molecule has 0 spiro atoms. The molecule has 0 aliphatic heterocycles. The van der Waals surface area contributed by atoms with Crippen molar-refractivity contribution in [1.82, 2.24) is 10.3 Å². The first kappa shape index (κ1) is 12.1. The monoisotopic (exact) mass is 238 g/mol. The largest absolute Gasteiger partial charge is 0.312 e. The Hall–Kier alpha value is -0.410. The Morgan fingerprint density at radius 2 is 2.06 bits per heavy atom. The zero-order valence-electron chi connectivity index (χ0n) is 10.5. The lowest BCUT2D eigenvalue weighted by Gasteiger charge is -2.24. The maximum Gasteiger partial charge on any atom is 0.0959 e. The highest BCUT2D eigenvalue weighted by Gasteiger charge is 2.22. The highest BCUT2D eigenvalue weighted by atomic mass is 32.1. The van der Waals surface area contributed by atoms with Gasteiger partial charge in [0.2, 0.25) is 0 Å². The van der Waals surface area contributed by atoms with Gasteiger partial charge >= 0.3 is 0 Å². The van der Waals surface area contributed by atoms with Crippen LogP contribution in [0.25, 0.3) is 0 Å². The van der Waals surface area contributed by atoms with Gasteiger partial charge in [-0.2, -0.15) is 0 Å². The minimum atomic E-state index is 0.382. The van der Waals surface area contributed by atoms with Crippen LogP contribution in [0.3, 0.4) is 0 Å². The van der Waals surface area contributed by atoms with Crippen LogP contribution >= 0.6 is 11.3 Å². The van der Waals surface area contributed by atoms with E-state index in [1.165, 1.54) is 36.4 Å². The summed E-state index contributed by atoms with van der Waals surface area (Å²) in [4.78, 5) is 4.79. The molecule has 1 heterocycles. The summed E-state index contributed by atoms with van der Waals surface area (Å²) in [5.74, 6) is 1.66. The molecule has 16 heavy (non-hydrogen) atoms. The summed E-state index contributed by atoms with van der Waals surface area (Å²) in [7, 11) is 1.99. The summed E-state index contributed by atoms with van der Waals surface area (Å²) in [6, 6.07) is 0.382. The maximum atomic E-state index is 4.79. The van der Waals surface area contributed by atoms with Gasteiger partial charge in [-0.15, -0.1) is 11.3 Å². The van der Waals surface area contributed by atoms with Gasteiger partial charge in [-0.3, -0.25) is 0 Å². The normalized spacial score (nSPS) is 27.9. The molecule has 1 aliphatic rings. The van der Waals surface area contributed by atoms with Crippen molar-refractivity contribution in [3.05, 3.63) is 16.1 Å². The number of nitrogens with zero attached hydrogens (tertiary/aromatic N) is 1. The Kier molecular flexibility index (Phi) is 3.98. The van der Waals surface area contributed by atoms with Crippen LogP contribution in [0.5, 0.6) is 0 Å². The fourth-order valence-corrected chi connectivity index (χ4v) is 3.43. The highest BCUT2D eigenvalue weighted by Crippen LogP contribution is 2.37. The Bertz CT molecular complexity index is 326. The molecule has 90 valence electrons. The number of nitrogens with one attached hydrogen (secondary N) is 1. The zero-order valence-corrected chi connectivity index (χ0v) is 11.3. The van der Waals surface area contributed by atoms with Gasteiger partial charge in [0, 0.05) is 17.3 Å². The molecule has 0 saturated heterocycles. The number of rotatable bonds is 3. The molecule has 0 bridgehead atoms. The van der Waals surface area contributed by atoms with Crippen LogP contribution < -0.4 is 5.32 Å². The fraction of sp³-hybridized carbons (Fsp3) is 0.769. The van der Waals surface area contributed by atoms with Gasteiger partial charge in [0.25, 0.3) is 0 Å². The average Bonchev–Trinajstić information content (AvgIpc) is 2.78. The first-order chi connectivity index (χ1) is 7.70. The van der Waals surface area contributed by atoms with Crippen molar-refractivity contribution < 1.29 is 0 Å². The molecular formula is C13H22N2S. The third-order valence-corrected chi connectivity index (χ3v) is 4.81. The van der Waals surface area contributed by atoms with Crippen LogP contribution in [0.4, 0.5) is 0 Å². The van der Waals surface area contributed by atoms with Crippen LogP contribution in [-0.4, -0.2) is 12.0 Å². The number of thiazole rings is 1. The van der Waals surface area contributed by atoms with E-state index in [-0.39, 0.29) is 0 Å². The van der Waals surface area contributed by atoms with Crippen molar-refractivity contribution in [2.45, 2.75) is 51.5 Å². The molecule has 0 amide bonds. The molecule has 1 atom stereocenters. The molecule has 0 radical (unpaired) electrons. The second-order valence-electron chi connectivity index (χ2n) is 5.08. The predicted octanol–water partition coefficient (Wildman–Crippen LogP) is 3.72. The molecule has 3 heteroatoms. The molecule has 2 rings (SSSR count). The van der Waals surface area contributed by atoms with Gasteiger partial charge in [0.1, 0.15) is 0 Å². The van der Waals surface area contributed by atoms with Crippen molar-refractivity contribution >= 4 is 11.3 Å². The van der Waals surface area contributed by atoms with E-state index in [4.69, 9.17) is 4.98 Å². The van der Waals surface area contributed by atoms with Gasteiger partial charge in [0.05, 0.1) is 10.7 Å². The van der Waals surface area contributed by atoms with Crippen molar-refractivity contribution in [3.63, 3.8) is 0 Å². The van der Waals surface area contributed by atoms with E-state index in [9.17, 15) is 0 Å². The predicted molar refractivity (Wildman–Crippen MR) is 70.0 cm³/mol. The summed E-state index contributed by atoms with van der Waals surface area (Å²) in [5.41, 5.74) is 1.21. The summed E-state index contributed by atoms with van der Waals surface area (Å²) in [6.45, 7) is 4.54. The minimum absolute atomic E-state index is 0.382. The molecule has 1 N–H and O–H groups in total. The summed E-state index contributed by atoms with van der Waals surface area (Å²) < 4.78 is 0. The van der Waals surface area contributed by atoms with Gasteiger partial charge in [-0.25, -0.2) is 4.98 Å². The van der Waals surface area contributed by atoms with Gasteiger partial charge in [-0.1, -0.05) is 19.8 Å². The van der Waals surface area contributed by atoms with Crippen LogP contribution in [-0.2, 0) is 0 Å². The molecule has 1 fully saturated rings. The van der Waals surface area contributed by atoms with Gasteiger partial charge in [0.15, 0.2) is 0 Å². The van der Waals surface area contributed by atoms with E-state index in [1.54, 1.807) is 0 Å². The van der Waals surface area contributed by atoms with E-state index in [0.717, 1.165) is 11.8 Å². The fourth-order valence-electron chi connectivity index (χ4n) is 2.34. The van der Waals surface area contributed by atoms with Crippen molar-refractivity contribution in [1.29, 1.82) is 0 Å². The summed E-state index contributed by atoms with van der Waals surface area (Å²) in [5, 5.41) is 6.83. The smallest absolute Gasteiger partial charge is 0.0959 e. The standard InChI is InChI=1S/C13H22N2S/c1-9-4-6-11(7-5-9)13-15-12(8-16-13)10(2)14-3/h8-11,14H,4-7H2,1-3H3. The van der Waals surface area contributed by atoms with E-state index < -0.39 is 0 Å². The number of hydrogen-bond acceptors (Lipinski definition) is 3. The second-order valence-corrected chi connectivity index (χ2v) is 5.97. The third-order valence-electron chi connectivity index (χ3n) is 3.78. The SMILES string of the molecule is CNC(C)c1csc(C2CCC(C)CC2)n1. The maximum absolute atomic E-state index is 4.79. The number of hydrogen-bond donors (Lipinski definition) is 1. The Morgan fingerprint density at radius 3 is 2.69 bits per heavy atom. The third kappa shape index (κ3) is 2.64. The van der Waals surface area contributed by atoms with E-state index in [1.807, 2.05) is 18.4 Å². The number of aromatic nitrogens is 1. The second kappa shape index (κ2) is 5.28. The molecule has 2 nitrogen and oxygen atoms in total. The lowest BCUT2D eigenvalue weighted by Crippen LogP contribution is -2.14. The van der Waals surface area contributed by atoms with Crippen molar-refractivity contribution in [3.8, 4) is 0 Å². The Balaban J connectivity index is 2.01. The van der Waals surface area contributed by atoms with Crippen LogP contribution in [0.15, 0.2) is 5.38 Å². The average molecular weight is 238 g/mol. The van der Waals surface area contributed by atoms with Gasteiger partial charge in [-0.05, 0) is 32.7 Å². The zero-order chi connectivity index (χ0) is 11.5. The van der Waals surface area contributed by atoms with E-state index in [2.05, 4.69) is 24.5 Å². The first-order valence-electron chi connectivity index (χ1n) is 6.33. The lowest BCUT2D eigenvalue weighted by molar-refractivity contribution is 0.347. The molecule has 1 unspecified atom stereocenters. The topological polar surface area (TPSA) is 24.9 Å². The molecule has 1 aromatic heterocycles. The molecule has 0 aromatic carbocycles. The summed E-state index contributed by atoms with van der Waals surface area (Å²) in [6.07, 6.45) is 5.42. The molecular weight excluding hydrogens is 216 g/mol. The van der Waals surface area contributed by atoms with Crippen LogP contribution in [0.2, 0.25) is 0 Å². The summed E-state index contributed by atoms with van der Waals surface area (Å²) >= 11 is 1.85. The van der Waals surface area contributed by atoms with Crippen LogP contribution in [0, 0.1) is 5.92 Å². The molecule has 1 aliphatic carbocycles. The van der Waals surface area contributed by atoms with E-state index >= 15 is 0 Å². The van der Waals surface area contributed by atoms with Crippen molar-refractivity contribution in [2.75, 3.05) is 7.05 Å². The minimum Gasteiger partial charge on any atom is -0.312 e.